The molecule has 2 rings (SSSR count). The van der Waals surface area contributed by atoms with E-state index >= 15 is 0 Å². The Morgan fingerprint density at radius 1 is 1.50 bits per heavy atom. The van der Waals surface area contributed by atoms with Crippen molar-refractivity contribution < 1.29 is 19.0 Å². The highest BCUT2D eigenvalue weighted by molar-refractivity contribution is 5.90. The summed E-state index contributed by atoms with van der Waals surface area (Å²) in [5, 5.41) is 3.24. The van der Waals surface area contributed by atoms with E-state index in [-0.39, 0.29) is 11.6 Å². The normalized spacial score (nSPS) is 21.8. The highest BCUT2D eigenvalue weighted by Gasteiger charge is 2.34. The lowest BCUT2D eigenvalue weighted by molar-refractivity contribution is -0.00625. The van der Waals surface area contributed by atoms with Crippen molar-refractivity contribution in [3.8, 4) is 0 Å². The highest BCUT2D eigenvalue weighted by atomic mass is 16.5. The topological polar surface area (TPSA) is 69.7 Å². The molecule has 1 aliphatic rings. The lowest BCUT2D eigenvalue weighted by atomic mass is 10.0. The van der Waals surface area contributed by atoms with E-state index in [0.29, 0.717) is 36.8 Å². The molecular formula is C14H20N2O4. The van der Waals surface area contributed by atoms with E-state index in [1.54, 1.807) is 26.2 Å². The summed E-state index contributed by atoms with van der Waals surface area (Å²) in [6.45, 7) is 3.69. The second-order valence-electron chi connectivity index (χ2n) is 4.86. The minimum Gasteiger partial charge on any atom is -0.465 e. The molecule has 110 valence electrons. The van der Waals surface area contributed by atoms with E-state index in [2.05, 4.69) is 10.3 Å². The fourth-order valence-corrected chi connectivity index (χ4v) is 2.20. The van der Waals surface area contributed by atoms with Crippen LogP contribution in [-0.2, 0) is 14.2 Å². The van der Waals surface area contributed by atoms with E-state index in [1.165, 1.54) is 7.11 Å². The van der Waals surface area contributed by atoms with E-state index in [1.807, 2.05) is 0 Å². The Morgan fingerprint density at radius 2 is 2.30 bits per heavy atom. The number of esters is 1. The Labute approximate surface area is 118 Å². The van der Waals surface area contributed by atoms with Crippen molar-refractivity contribution in [3.05, 3.63) is 23.4 Å². The van der Waals surface area contributed by atoms with Crippen LogP contribution in [0.15, 0.2) is 12.1 Å². The van der Waals surface area contributed by atoms with Gasteiger partial charge in [-0.05, 0) is 19.1 Å². The van der Waals surface area contributed by atoms with Gasteiger partial charge in [0, 0.05) is 26.7 Å². The Kier molecular flexibility index (Phi) is 4.57. The molecule has 1 saturated heterocycles. The van der Waals surface area contributed by atoms with Crippen molar-refractivity contribution in [1.82, 2.24) is 4.98 Å². The molecule has 0 bridgehead atoms. The average Bonchev–Trinajstić information content (AvgIpc) is 2.94. The van der Waals surface area contributed by atoms with E-state index in [9.17, 15) is 4.79 Å². The average molecular weight is 280 g/mol. The molecule has 6 nitrogen and oxygen atoms in total. The quantitative estimate of drug-likeness (QED) is 0.822. The van der Waals surface area contributed by atoms with Crippen molar-refractivity contribution in [2.24, 2.45) is 0 Å². The van der Waals surface area contributed by atoms with Gasteiger partial charge >= 0.3 is 5.97 Å². The minimum atomic E-state index is -0.376. The minimum absolute atomic E-state index is 0.295. The predicted molar refractivity (Wildman–Crippen MR) is 74.0 cm³/mol. The molecule has 0 aromatic carbocycles. The lowest BCUT2D eigenvalue weighted by Gasteiger charge is -2.26. The number of carbonyl (C=O) groups is 1. The number of pyridine rings is 1. The zero-order valence-electron chi connectivity index (χ0n) is 12.1. The van der Waals surface area contributed by atoms with Crippen LogP contribution < -0.4 is 5.32 Å². The number of ether oxygens (including phenoxy) is 3. The summed E-state index contributed by atoms with van der Waals surface area (Å²) in [6, 6.07) is 3.47. The van der Waals surface area contributed by atoms with Gasteiger partial charge in [0.1, 0.15) is 11.4 Å². The summed E-state index contributed by atoms with van der Waals surface area (Å²) in [5.74, 6) is 0.331. The second kappa shape index (κ2) is 6.19. The largest absolute Gasteiger partial charge is 0.465 e. The molecule has 1 aromatic heterocycles. The van der Waals surface area contributed by atoms with Gasteiger partial charge in [-0.2, -0.15) is 0 Å². The summed E-state index contributed by atoms with van der Waals surface area (Å²) in [4.78, 5) is 15.9. The summed E-state index contributed by atoms with van der Waals surface area (Å²) in [6.07, 6.45) is 0.857. The molecule has 0 aliphatic carbocycles. The number of nitrogens with one attached hydrogen (secondary N) is 1. The predicted octanol–water partition coefficient (Wildman–Crippen LogP) is 1.39. The summed E-state index contributed by atoms with van der Waals surface area (Å²) in [5.41, 5.74) is 0.816. The standard InChI is InChI=1S/C14H20N2O4/c1-10-11(13(17)18-2)4-5-12(16-10)15-8-14(19-3)6-7-20-9-14/h4-5H,6-9H2,1-3H3,(H,15,16). The molecule has 6 heteroatoms. The lowest BCUT2D eigenvalue weighted by Crippen LogP contribution is -2.39. The zero-order valence-corrected chi connectivity index (χ0v) is 12.1. The molecular weight excluding hydrogens is 260 g/mol. The first-order valence-electron chi connectivity index (χ1n) is 6.53. The maximum atomic E-state index is 11.5. The van der Waals surface area contributed by atoms with Gasteiger partial charge in [-0.15, -0.1) is 0 Å². The third kappa shape index (κ3) is 3.08. The van der Waals surface area contributed by atoms with Gasteiger partial charge in [-0.1, -0.05) is 0 Å². The van der Waals surface area contributed by atoms with E-state index in [0.717, 1.165) is 6.42 Å². The molecule has 1 unspecified atom stereocenters. The number of aromatic nitrogens is 1. The SMILES string of the molecule is COC(=O)c1ccc(NCC2(OC)CCOC2)nc1C. The summed E-state index contributed by atoms with van der Waals surface area (Å²) < 4.78 is 15.6. The maximum absolute atomic E-state index is 11.5. The van der Waals surface area contributed by atoms with E-state index < -0.39 is 0 Å². The zero-order chi connectivity index (χ0) is 14.6. The van der Waals surface area contributed by atoms with Crippen LogP contribution >= 0.6 is 0 Å². The fraction of sp³-hybridized carbons (Fsp3) is 0.571. The van der Waals surface area contributed by atoms with Crippen molar-refractivity contribution in [2.75, 3.05) is 39.3 Å². The molecule has 1 aliphatic heterocycles. The van der Waals surface area contributed by atoms with Crippen molar-refractivity contribution >= 4 is 11.8 Å². The molecule has 1 atom stereocenters. The highest BCUT2D eigenvalue weighted by Crippen LogP contribution is 2.23. The Balaban J connectivity index is 2.03. The van der Waals surface area contributed by atoms with Crippen molar-refractivity contribution in [1.29, 1.82) is 0 Å². The monoisotopic (exact) mass is 280 g/mol. The van der Waals surface area contributed by atoms with Crippen LogP contribution in [0.25, 0.3) is 0 Å². The molecule has 1 aromatic rings. The molecule has 0 saturated carbocycles. The number of anilines is 1. The molecule has 1 N–H and O–H groups in total. The number of nitrogens with zero attached hydrogens (tertiary/aromatic N) is 1. The van der Waals surface area contributed by atoms with Crippen LogP contribution in [-0.4, -0.2) is 50.5 Å². The number of hydrogen-bond acceptors (Lipinski definition) is 6. The molecule has 0 spiro atoms. The van der Waals surface area contributed by atoms with E-state index in [4.69, 9.17) is 14.2 Å². The fourth-order valence-electron chi connectivity index (χ4n) is 2.20. The first kappa shape index (κ1) is 14.7. The van der Waals surface area contributed by atoms with Gasteiger partial charge in [-0.25, -0.2) is 9.78 Å². The van der Waals surface area contributed by atoms with Gasteiger partial charge in [0.2, 0.25) is 0 Å². The smallest absolute Gasteiger partial charge is 0.339 e. The first-order chi connectivity index (χ1) is 9.60. The van der Waals surface area contributed by atoms with Crippen LogP contribution in [0.4, 0.5) is 5.82 Å². The Hall–Kier alpha value is -1.66. The molecule has 0 radical (unpaired) electrons. The van der Waals surface area contributed by atoms with Gasteiger partial charge in [0.05, 0.1) is 25.0 Å². The molecule has 20 heavy (non-hydrogen) atoms. The summed E-state index contributed by atoms with van der Waals surface area (Å²) >= 11 is 0. The van der Waals surface area contributed by atoms with Crippen LogP contribution in [0.2, 0.25) is 0 Å². The van der Waals surface area contributed by atoms with Crippen LogP contribution in [0.5, 0.6) is 0 Å². The van der Waals surface area contributed by atoms with Crippen molar-refractivity contribution in [2.45, 2.75) is 18.9 Å². The third-order valence-corrected chi connectivity index (χ3v) is 3.58. The number of rotatable bonds is 5. The Bertz CT molecular complexity index is 484. The number of aryl methyl sites for hydroxylation is 1. The van der Waals surface area contributed by atoms with Crippen LogP contribution in [0, 0.1) is 6.92 Å². The van der Waals surface area contributed by atoms with Crippen LogP contribution in [0.3, 0.4) is 0 Å². The van der Waals surface area contributed by atoms with Gasteiger partial charge in [0.15, 0.2) is 0 Å². The second-order valence-corrected chi connectivity index (χ2v) is 4.86. The van der Waals surface area contributed by atoms with Gasteiger partial charge in [-0.3, -0.25) is 0 Å². The maximum Gasteiger partial charge on any atom is 0.339 e. The van der Waals surface area contributed by atoms with Crippen LogP contribution in [0.1, 0.15) is 22.5 Å². The number of carbonyl (C=O) groups excluding carboxylic acids is 1. The first-order valence-corrected chi connectivity index (χ1v) is 6.53. The van der Waals surface area contributed by atoms with Gasteiger partial charge < -0.3 is 19.5 Å². The van der Waals surface area contributed by atoms with Gasteiger partial charge in [0.25, 0.3) is 0 Å². The number of hydrogen-bond donors (Lipinski definition) is 1. The summed E-state index contributed by atoms with van der Waals surface area (Å²) in [7, 11) is 3.05. The third-order valence-electron chi connectivity index (χ3n) is 3.58. The van der Waals surface area contributed by atoms with Crippen molar-refractivity contribution in [3.63, 3.8) is 0 Å². The molecule has 0 amide bonds. The number of methoxy groups -OCH3 is 2. The molecule has 2 heterocycles. The Morgan fingerprint density at radius 3 is 2.85 bits per heavy atom. The molecule has 1 fully saturated rings.